The van der Waals surface area contributed by atoms with E-state index < -0.39 is 17.9 Å². The van der Waals surface area contributed by atoms with Crippen molar-refractivity contribution in [1.29, 1.82) is 0 Å². The number of imide groups is 1. The highest BCUT2D eigenvalue weighted by Crippen LogP contribution is 2.14. The number of nitrogen functional groups attached to an aromatic ring is 1. The van der Waals surface area contributed by atoms with Gasteiger partial charge in [-0.25, -0.2) is 0 Å². The van der Waals surface area contributed by atoms with E-state index >= 15 is 0 Å². The summed E-state index contributed by atoms with van der Waals surface area (Å²) in [4.78, 5) is 36.3. The van der Waals surface area contributed by atoms with Crippen molar-refractivity contribution in [2.24, 2.45) is 0 Å². The third kappa shape index (κ3) is 2.96. The fourth-order valence-corrected chi connectivity index (χ4v) is 2.17. The Labute approximate surface area is 116 Å². The quantitative estimate of drug-likeness (QED) is 0.603. The van der Waals surface area contributed by atoms with Gasteiger partial charge < -0.3 is 10.6 Å². The minimum atomic E-state index is -0.617. The van der Waals surface area contributed by atoms with E-state index in [2.05, 4.69) is 5.32 Å². The first kappa shape index (κ1) is 14.0. The van der Waals surface area contributed by atoms with Crippen LogP contribution >= 0.6 is 0 Å². The molecule has 1 fully saturated rings. The van der Waals surface area contributed by atoms with E-state index in [-0.39, 0.29) is 18.9 Å². The molecular formula is C14H17N3O3. The average Bonchev–Trinajstić information content (AvgIpc) is 2.41. The van der Waals surface area contributed by atoms with Gasteiger partial charge in [-0.1, -0.05) is 18.2 Å². The van der Waals surface area contributed by atoms with Crippen molar-refractivity contribution in [2.75, 3.05) is 12.3 Å². The van der Waals surface area contributed by atoms with Crippen LogP contribution in [-0.2, 0) is 20.8 Å². The third-order valence-electron chi connectivity index (χ3n) is 3.41. The van der Waals surface area contributed by atoms with Gasteiger partial charge in [-0.2, -0.15) is 0 Å². The van der Waals surface area contributed by atoms with Crippen molar-refractivity contribution in [1.82, 2.24) is 10.2 Å². The standard InChI is InChI=1S/C14H17N3O3/c1-9-14(20)16-12(18)8-17(9)13(19)7-6-10-4-2-3-5-11(10)15/h2-5,9H,6-8,15H2,1H3,(H,16,18,20). The van der Waals surface area contributed by atoms with Crippen LogP contribution in [0.3, 0.4) is 0 Å². The minimum absolute atomic E-state index is 0.0734. The van der Waals surface area contributed by atoms with Crippen LogP contribution in [0.1, 0.15) is 18.9 Å². The van der Waals surface area contributed by atoms with Crippen LogP contribution in [0.4, 0.5) is 5.69 Å². The molecule has 1 atom stereocenters. The summed E-state index contributed by atoms with van der Waals surface area (Å²) in [5, 5.41) is 2.21. The normalized spacial score (nSPS) is 18.9. The Morgan fingerprint density at radius 1 is 1.40 bits per heavy atom. The monoisotopic (exact) mass is 275 g/mol. The Balaban J connectivity index is 1.99. The molecule has 0 radical (unpaired) electrons. The molecule has 0 aromatic heterocycles. The Morgan fingerprint density at radius 3 is 2.80 bits per heavy atom. The van der Waals surface area contributed by atoms with Crippen LogP contribution in [0.15, 0.2) is 24.3 Å². The highest BCUT2D eigenvalue weighted by atomic mass is 16.2. The number of piperazine rings is 1. The summed E-state index contributed by atoms with van der Waals surface area (Å²) in [6, 6.07) is 6.71. The second-order valence-electron chi connectivity index (χ2n) is 4.81. The third-order valence-corrected chi connectivity index (χ3v) is 3.41. The van der Waals surface area contributed by atoms with Gasteiger partial charge in [-0.05, 0) is 25.0 Å². The zero-order valence-electron chi connectivity index (χ0n) is 11.3. The van der Waals surface area contributed by atoms with Crippen molar-refractivity contribution in [3.8, 4) is 0 Å². The summed E-state index contributed by atoms with van der Waals surface area (Å²) in [5.41, 5.74) is 7.34. The lowest BCUT2D eigenvalue weighted by Crippen LogP contribution is -2.58. The number of carbonyl (C=O) groups is 3. The Hall–Kier alpha value is -2.37. The lowest BCUT2D eigenvalue weighted by atomic mass is 10.1. The van der Waals surface area contributed by atoms with Gasteiger partial charge in [-0.3, -0.25) is 19.7 Å². The molecule has 1 saturated heterocycles. The smallest absolute Gasteiger partial charge is 0.249 e. The van der Waals surface area contributed by atoms with Crippen LogP contribution in [-0.4, -0.2) is 35.2 Å². The number of anilines is 1. The minimum Gasteiger partial charge on any atom is -0.399 e. The Kier molecular flexibility index (Phi) is 4.02. The van der Waals surface area contributed by atoms with Gasteiger partial charge in [0.05, 0.1) is 0 Å². The molecule has 0 aliphatic carbocycles. The lowest BCUT2D eigenvalue weighted by Gasteiger charge is -2.31. The summed E-state index contributed by atoms with van der Waals surface area (Å²) in [6.07, 6.45) is 0.712. The number of para-hydroxylation sites is 1. The molecule has 1 aromatic carbocycles. The summed E-state index contributed by atoms with van der Waals surface area (Å²) in [7, 11) is 0. The van der Waals surface area contributed by atoms with Gasteiger partial charge in [0.15, 0.2) is 0 Å². The van der Waals surface area contributed by atoms with Crippen LogP contribution in [0.5, 0.6) is 0 Å². The van der Waals surface area contributed by atoms with E-state index in [0.717, 1.165) is 5.56 Å². The van der Waals surface area contributed by atoms with E-state index in [9.17, 15) is 14.4 Å². The molecule has 0 bridgehead atoms. The molecule has 1 aromatic rings. The zero-order chi connectivity index (χ0) is 14.7. The Morgan fingerprint density at radius 2 is 2.10 bits per heavy atom. The number of aryl methyl sites for hydroxylation is 1. The van der Waals surface area contributed by atoms with Gasteiger partial charge >= 0.3 is 0 Å². The first-order chi connectivity index (χ1) is 9.49. The number of rotatable bonds is 3. The first-order valence-electron chi connectivity index (χ1n) is 6.45. The van der Waals surface area contributed by atoms with Gasteiger partial charge in [0, 0.05) is 12.1 Å². The molecular weight excluding hydrogens is 258 g/mol. The van der Waals surface area contributed by atoms with E-state index in [1.54, 1.807) is 13.0 Å². The molecule has 6 heteroatoms. The zero-order valence-corrected chi connectivity index (χ0v) is 11.3. The Bertz CT molecular complexity index is 556. The second-order valence-corrected chi connectivity index (χ2v) is 4.81. The van der Waals surface area contributed by atoms with Crippen LogP contribution in [0, 0.1) is 0 Å². The first-order valence-corrected chi connectivity index (χ1v) is 6.45. The maximum absolute atomic E-state index is 12.1. The number of hydrogen-bond donors (Lipinski definition) is 2. The van der Waals surface area contributed by atoms with E-state index in [0.29, 0.717) is 12.1 Å². The molecule has 1 aliphatic heterocycles. The number of hydrogen-bond acceptors (Lipinski definition) is 4. The second kappa shape index (κ2) is 5.73. The molecule has 1 heterocycles. The van der Waals surface area contributed by atoms with Gasteiger partial charge in [-0.15, -0.1) is 0 Å². The van der Waals surface area contributed by atoms with Crippen molar-refractivity contribution in [3.05, 3.63) is 29.8 Å². The fourth-order valence-electron chi connectivity index (χ4n) is 2.17. The number of nitrogens with zero attached hydrogens (tertiary/aromatic N) is 1. The summed E-state index contributed by atoms with van der Waals surface area (Å²) >= 11 is 0. The molecule has 2 rings (SSSR count). The van der Waals surface area contributed by atoms with Gasteiger partial charge in [0.1, 0.15) is 12.6 Å². The topological polar surface area (TPSA) is 92.5 Å². The van der Waals surface area contributed by atoms with Gasteiger partial charge in [0.2, 0.25) is 17.7 Å². The highest BCUT2D eigenvalue weighted by Gasteiger charge is 2.33. The maximum Gasteiger partial charge on any atom is 0.249 e. The fraction of sp³-hybridized carbons (Fsp3) is 0.357. The summed E-state index contributed by atoms with van der Waals surface area (Å²) < 4.78 is 0. The molecule has 1 unspecified atom stereocenters. The highest BCUT2D eigenvalue weighted by molar-refractivity contribution is 6.04. The number of carbonyl (C=O) groups excluding carboxylic acids is 3. The van der Waals surface area contributed by atoms with E-state index in [1.165, 1.54) is 4.90 Å². The van der Waals surface area contributed by atoms with Crippen molar-refractivity contribution in [2.45, 2.75) is 25.8 Å². The predicted octanol–water partition coefficient (Wildman–Crippen LogP) is 0.0749. The number of nitrogens with two attached hydrogens (primary N) is 1. The number of benzene rings is 1. The van der Waals surface area contributed by atoms with Crippen molar-refractivity contribution >= 4 is 23.4 Å². The molecule has 1 aliphatic rings. The summed E-state index contributed by atoms with van der Waals surface area (Å²) in [6.45, 7) is 1.53. The lowest BCUT2D eigenvalue weighted by molar-refractivity contribution is -0.149. The largest absolute Gasteiger partial charge is 0.399 e. The molecule has 0 spiro atoms. The van der Waals surface area contributed by atoms with Crippen LogP contribution < -0.4 is 11.1 Å². The molecule has 0 saturated carbocycles. The molecule has 106 valence electrons. The molecule has 3 N–H and O–H groups in total. The van der Waals surface area contributed by atoms with Gasteiger partial charge in [0.25, 0.3) is 0 Å². The average molecular weight is 275 g/mol. The van der Waals surface area contributed by atoms with Crippen molar-refractivity contribution in [3.63, 3.8) is 0 Å². The van der Waals surface area contributed by atoms with Crippen LogP contribution in [0.2, 0.25) is 0 Å². The van der Waals surface area contributed by atoms with Crippen molar-refractivity contribution < 1.29 is 14.4 Å². The van der Waals surface area contributed by atoms with Crippen LogP contribution in [0.25, 0.3) is 0 Å². The van der Waals surface area contributed by atoms with E-state index in [4.69, 9.17) is 5.73 Å². The molecule has 6 nitrogen and oxygen atoms in total. The molecule has 20 heavy (non-hydrogen) atoms. The SMILES string of the molecule is CC1C(=O)NC(=O)CN1C(=O)CCc1ccccc1N. The van der Waals surface area contributed by atoms with E-state index in [1.807, 2.05) is 18.2 Å². The number of nitrogens with one attached hydrogen (secondary N) is 1. The summed E-state index contributed by atoms with van der Waals surface area (Å²) in [5.74, 6) is -1.10. The number of amides is 3. The maximum atomic E-state index is 12.1. The predicted molar refractivity (Wildman–Crippen MR) is 73.5 cm³/mol. The molecule has 3 amide bonds.